The summed E-state index contributed by atoms with van der Waals surface area (Å²) in [5.74, 6) is 0.690. The van der Waals surface area contributed by atoms with Crippen molar-refractivity contribution in [1.82, 2.24) is 0 Å². The highest BCUT2D eigenvalue weighted by atomic mass is 32.1. The molecule has 0 N–H and O–H groups in total. The van der Waals surface area contributed by atoms with Crippen LogP contribution in [0.3, 0.4) is 0 Å². The summed E-state index contributed by atoms with van der Waals surface area (Å²) in [5, 5.41) is 0. The predicted molar refractivity (Wildman–Crippen MR) is 55.3 cm³/mol. The topological polar surface area (TPSA) is 0 Å². The molecule has 0 aliphatic heterocycles. The minimum Gasteiger partial charge on any atom is -0.148 e. The van der Waals surface area contributed by atoms with Gasteiger partial charge < -0.3 is 0 Å². The van der Waals surface area contributed by atoms with Gasteiger partial charge in [0.05, 0.1) is 0 Å². The van der Waals surface area contributed by atoms with E-state index in [-0.39, 0.29) is 0 Å². The van der Waals surface area contributed by atoms with Crippen molar-refractivity contribution in [3.8, 4) is 0 Å². The molecule has 0 aromatic heterocycles. The lowest BCUT2D eigenvalue weighted by Gasteiger charge is -2.23. The Morgan fingerprint density at radius 3 is 2.50 bits per heavy atom. The van der Waals surface area contributed by atoms with E-state index in [1.807, 2.05) is 0 Å². The molecule has 62 valence electrons. The zero-order valence-electron chi connectivity index (χ0n) is 6.90. The van der Waals surface area contributed by atoms with Crippen LogP contribution in [0.4, 0.5) is 0 Å². The molecule has 1 aliphatic rings. The van der Waals surface area contributed by atoms with E-state index in [9.17, 15) is 0 Å². The van der Waals surface area contributed by atoms with Crippen LogP contribution in [-0.4, -0.2) is 0 Å². The molecule has 1 heteroatoms. The summed E-state index contributed by atoms with van der Waals surface area (Å²) in [6, 6.07) is 10.6. The quantitative estimate of drug-likeness (QED) is 0.658. The number of thiol groups is 1. The molecule has 2 rings (SSSR count). The number of hydrogen-bond acceptors (Lipinski definition) is 1. The van der Waals surface area contributed by atoms with Crippen molar-refractivity contribution in [2.45, 2.75) is 12.8 Å². The Kier molecular flexibility index (Phi) is 2.22. The Morgan fingerprint density at radius 1 is 1.25 bits per heavy atom. The van der Waals surface area contributed by atoms with Crippen molar-refractivity contribution in [3.63, 3.8) is 0 Å². The molecule has 0 saturated heterocycles. The van der Waals surface area contributed by atoms with Crippen molar-refractivity contribution in [2.24, 2.45) is 5.92 Å². The number of allylic oxidation sites excluding steroid dienone is 2. The Hall–Kier alpha value is -0.690. The molecule has 1 aromatic carbocycles. The van der Waals surface area contributed by atoms with E-state index in [4.69, 9.17) is 0 Å². The van der Waals surface area contributed by atoms with Gasteiger partial charge in [-0.05, 0) is 29.2 Å². The molecular formula is C11H12S. The highest BCUT2D eigenvalue weighted by molar-refractivity contribution is 7.84. The van der Waals surface area contributed by atoms with Crippen LogP contribution in [0.5, 0.6) is 0 Å². The SMILES string of the molecule is SC1=CCC1Cc1ccccc1. The van der Waals surface area contributed by atoms with Gasteiger partial charge in [0.15, 0.2) is 0 Å². The van der Waals surface area contributed by atoms with Crippen LogP contribution in [0.2, 0.25) is 0 Å². The maximum Gasteiger partial charge on any atom is -0.00323 e. The van der Waals surface area contributed by atoms with E-state index in [1.54, 1.807) is 0 Å². The van der Waals surface area contributed by atoms with Crippen LogP contribution in [0.25, 0.3) is 0 Å². The van der Waals surface area contributed by atoms with Crippen LogP contribution in [0.15, 0.2) is 41.3 Å². The largest absolute Gasteiger partial charge is 0.148 e. The molecule has 0 spiro atoms. The summed E-state index contributed by atoms with van der Waals surface area (Å²) in [5.41, 5.74) is 1.42. The molecule has 0 bridgehead atoms. The van der Waals surface area contributed by atoms with E-state index >= 15 is 0 Å². The fourth-order valence-corrected chi connectivity index (χ4v) is 1.78. The van der Waals surface area contributed by atoms with Gasteiger partial charge in [0.25, 0.3) is 0 Å². The van der Waals surface area contributed by atoms with Gasteiger partial charge in [-0.25, -0.2) is 0 Å². The average molecular weight is 176 g/mol. The van der Waals surface area contributed by atoms with Crippen molar-refractivity contribution in [1.29, 1.82) is 0 Å². The summed E-state index contributed by atoms with van der Waals surface area (Å²) in [4.78, 5) is 1.26. The van der Waals surface area contributed by atoms with Crippen LogP contribution < -0.4 is 0 Å². The van der Waals surface area contributed by atoms with E-state index in [2.05, 4.69) is 49.0 Å². The molecule has 1 atom stereocenters. The first-order valence-corrected chi connectivity index (χ1v) is 4.74. The number of benzene rings is 1. The maximum atomic E-state index is 4.37. The number of rotatable bonds is 2. The van der Waals surface area contributed by atoms with Gasteiger partial charge in [-0.1, -0.05) is 36.4 Å². The zero-order chi connectivity index (χ0) is 8.39. The first-order valence-electron chi connectivity index (χ1n) is 4.29. The van der Waals surface area contributed by atoms with Crippen LogP contribution >= 0.6 is 12.6 Å². The molecule has 0 nitrogen and oxygen atoms in total. The molecule has 0 radical (unpaired) electrons. The molecule has 0 amide bonds. The van der Waals surface area contributed by atoms with Gasteiger partial charge in [0.1, 0.15) is 0 Å². The van der Waals surface area contributed by atoms with Gasteiger partial charge in [-0.15, -0.1) is 12.6 Å². The fraction of sp³-hybridized carbons (Fsp3) is 0.273. The molecule has 1 unspecified atom stereocenters. The third-order valence-electron chi connectivity index (χ3n) is 2.35. The van der Waals surface area contributed by atoms with E-state index in [1.165, 1.54) is 16.9 Å². The third kappa shape index (κ3) is 1.56. The summed E-state index contributed by atoms with van der Waals surface area (Å²) >= 11 is 4.37. The van der Waals surface area contributed by atoms with Crippen molar-refractivity contribution in [2.75, 3.05) is 0 Å². The molecule has 0 heterocycles. The highest BCUT2D eigenvalue weighted by Gasteiger charge is 2.17. The lowest BCUT2D eigenvalue weighted by atomic mass is 9.88. The number of hydrogen-bond donors (Lipinski definition) is 1. The fourth-order valence-electron chi connectivity index (χ4n) is 1.48. The summed E-state index contributed by atoms with van der Waals surface area (Å²) < 4.78 is 0. The normalized spacial score (nSPS) is 21.4. The standard InChI is InChI=1S/C11H12S/c12-11-7-6-10(11)8-9-4-2-1-3-5-9/h1-5,7,10,12H,6,8H2. The molecule has 12 heavy (non-hydrogen) atoms. The highest BCUT2D eigenvalue weighted by Crippen LogP contribution is 2.32. The lowest BCUT2D eigenvalue weighted by molar-refractivity contribution is 0.596. The van der Waals surface area contributed by atoms with Crippen molar-refractivity contribution < 1.29 is 0 Å². The Balaban J connectivity index is 2.01. The van der Waals surface area contributed by atoms with Crippen LogP contribution in [0, 0.1) is 5.92 Å². The van der Waals surface area contributed by atoms with E-state index < -0.39 is 0 Å². The smallest absolute Gasteiger partial charge is 0.00323 e. The Labute approximate surface area is 78.7 Å². The van der Waals surface area contributed by atoms with Gasteiger partial charge in [0, 0.05) is 0 Å². The molecule has 0 saturated carbocycles. The van der Waals surface area contributed by atoms with Gasteiger partial charge >= 0.3 is 0 Å². The van der Waals surface area contributed by atoms with Crippen molar-refractivity contribution in [3.05, 3.63) is 46.9 Å². The molecule has 0 fully saturated rings. The zero-order valence-corrected chi connectivity index (χ0v) is 7.80. The lowest BCUT2D eigenvalue weighted by Crippen LogP contribution is -2.11. The average Bonchev–Trinajstić information content (AvgIpc) is 2.14. The first-order chi connectivity index (χ1) is 5.86. The minimum atomic E-state index is 0.690. The van der Waals surface area contributed by atoms with Crippen LogP contribution in [-0.2, 0) is 6.42 Å². The molecule has 1 aromatic rings. The predicted octanol–water partition coefficient (Wildman–Crippen LogP) is 3.06. The maximum absolute atomic E-state index is 4.37. The van der Waals surface area contributed by atoms with E-state index in [0.29, 0.717) is 5.92 Å². The first kappa shape index (κ1) is 7.93. The van der Waals surface area contributed by atoms with Gasteiger partial charge in [0.2, 0.25) is 0 Å². The monoisotopic (exact) mass is 176 g/mol. The molecule has 1 aliphatic carbocycles. The second-order valence-corrected chi connectivity index (χ2v) is 3.77. The summed E-state index contributed by atoms with van der Waals surface area (Å²) in [6.45, 7) is 0. The molecular weight excluding hydrogens is 164 g/mol. The van der Waals surface area contributed by atoms with Gasteiger partial charge in [-0.2, -0.15) is 0 Å². The second-order valence-electron chi connectivity index (χ2n) is 3.25. The Bertz CT molecular complexity index is 287. The summed E-state index contributed by atoms with van der Waals surface area (Å²) in [6.07, 6.45) is 4.54. The van der Waals surface area contributed by atoms with Crippen molar-refractivity contribution >= 4 is 12.6 Å². The van der Waals surface area contributed by atoms with Gasteiger partial charge in [-0.3, -0.25) is 0 Å². The Morgan fingerprint density at radius 2 is 2.00 bits per heavy atom. The third-order valence-corrected chi connectivity index (χ3v) is 2.90. The van der Waals surface area contributed by atoms with Crippen LogP contribution in [0.1, 0.15) is 12.0 Å². The summed E-state index contributed by atoms with van der Waals surface area (Å²) in [7, 11) is 0. The second kappa shape index (κ2) is 3.36. The minimum absolute atomic E-state index is 0.690. The van der Waals surface area contributed by atoms with E-state index in [0.717, 1.165) is 6.42 Å².